The van der Waals surface area contributed by atoms with E-state index >= 15 is 0 Å². The molecule has 2 aromatic rings. The summed E-state index contributed by atoms with van der Waals surface area (Å²) >= 11 is 0. The average molecular weight is 581 g/mol. The highest BCUT2D eigenvalue weighted by Gasteiger charge is 2.52. The summed E-state index contributed by atoms with van der Waals surface area (Å²) in [5.41, 5.74) is 1.80. The normalized spacial score (nSPS) is 25.1. The highest BCUT2D eigenvalue weighted by molar-refractivity contribution is 5.96. The maximum atomic E-state index is 13.9. The molecule has 4 aliphatic rings. The van der Waals surface area contributed by atoms with Crippen LogP contribution in [0.5, 0.6) is 23.0 Å². The molecule has 0 aromatic heterocycles. The third kappa shape index (κ3) is 4.95. The number of fused-ring (bicyclic) bond motifs is 4. The quantitative estimate of drug-likeness (QED) is 0.367. The van der Waals surface area contributed by atoms with Gasteiger partial charge in [0.15, 0.2) is 23.0 Å². The molecule has 3 N–H and O–H groups in total. The van der Waals surface area contributed by atoms with E-state index in [1.54, 1.807) is 24.3 Å². The Kier molecular flexibility index (Phi) is 7.76. The molecule has 2 aromatic carbocycles. The number of aldehydes is 1. The molecule has 1 fully saturated rings. The van der Waals surface area contributed by atoms with Crippen molar-refractivity contribution < 1.29 is 48.3 Å². The van der Waals surface area contributed by atoms with Gasteiger partial charge in [-0.2, -0.15) is 0 Å². The lowest BCUT2D eigenvalue weighted by atomic mass is 9.77. The second-order valence-electron chi connectivity index (χ2n) is 10.6. The molecule has 12 heteroatoms. The van der Waals surface area contributed by atoms with Crippen LogP contribution in [0.4, 0.5) is 0 Å². The Bertz CT molecular complexity index is 1420. The number of nitrogens with zero attached hydrogens (tertiary/aromatic N) is 1. The van der Waals surface area contributed by atoms with Gasteiger partial charge in [0, 0.05) is 36.4 Å². The number of aliphatic hydroxyl groups is 2. The fourth-order valence-electron chi connectivity index (χ4n) is 6.08. The Morgan fingerprint density at radius 1 is 1.19 bits per heavy atom. The van der Waals surface area contributed by atoms with Gasteiger partial charge in [0.1, 0.15) is 24.6 Å². The van der Waals surface area contributed by atoms with E-state index in [4.69, 9.17) is 23.7 Å². The smallest absolute Gasteiger partial charge is 0.252 e. The van der Waals surface area contributed by atoms with Crippen LogP contribution in [0.1, 0.15) is 40.2 Å². The summed E-state index contributed by atoms with van der Waals surface area (Å²) in [6, 6.07) is 7.51. The zero-order valence-corrected chi connectivity index (χ0v) is 23.0. The molecule has 42 heavy (non-hydrogen) atoms. The topological polar surface area (TPSA) is 153 Å². The second kappa shape index (κ2) is 11.6. The molecule has 1 unspecified atom stereocenters. The minimum Gasteiger partial charge on any atom is -0.493 e. The van der Waals surface area contributed by atoms with Crippen molar-refractivity contribution in [3.8, 4) is 23.0 Å². The van der Waals surface area contributed by atoms with E-state index in [1.165, 1.54) is 18.1 Å². The molecule has 0 bridgehead atoms. The zero-order chi connectivity index (χ0) is 29.4. The van der Waals surface area contributed by atoms with Crippen LogP contribution in [-0.4, -0.2) is 91.2 Å². The first kappa shape index (κ1) is 28.0. The first-order chi connectivity index (χ1) is 20.4. The first-order valence-corrected chi connectivity index (χ1v) is 13.9. The first-order valence-electron chi connectivity index (χ1n) is 13.9. The standard InChI is InChI=1S/C30H32N2O10/c1-38-24-11-17(14-34)9-18-25-19(29(36)31-6-7-33)12-20(26(35)28(25)42-27(18)24)32(30(37)22-3-2-8-39-22)13-16-4-5-21-23(10-16)41-15-40-21/h4-5,9-12,14,20,22,25-26,28,33,35H,2-3,6-8,13,15H2,1H3,(H,31,36)/t20-,22?,25+,26+,28+/m1/s1. The Morgan fingerprint density at radius 2 is 2.02 bits per heavy atom. The van der Waals surface area contributed by atoms with Crippen molar-refractivity contribution >= 4 is 18.1 Å². The Morgan fingerprint density at radius 3 is 2.76 bits per heavy atom. The number of ether oxygens (including phenoxy) is 5. The maximum Gasteiger partial charge on any atom is 0.252 e. The van der Waals surface area contributed by atoms with E-state index in [-0.39, 0.29) is 43.7 Å². The van der Waals surface area contributed by atoms with Crippen molar-refractivity contribution in [3.05, 3.63) is 58.7 Å². The molecule has 5 atom stereocenters. The Labute approximate surface area is 241 Å². The number of nitrogens with one attached hydrogen (secondary N) is 1. The van der Waals surface area contributed by atoms with Crippen molar-refractivity contribution in [3.63, 3.8) is 0 Å². The van der Waals surface area contributed by atoms with Gasteiger partial charge >= 0.3 is 0 Å². The van der Waals surface area contributed by atoms with E-state index in [1.807, 2.05) is 6.07 Å². The lowest BCUT2D eigenvalue weighted by molar-refractivity contribution is -0.147. The van der Waals surface area contributed by atoms with Gasteiger partial charge in [-0.1, -0.05) is 6.07 Å². The number of aliphatic hydroxyl groups excluding tert-OH is 2. The summed E-state index contributed by atoms with van der Waals surface area (Å²) in [4.78, 5) is 40.7. The Balaban J connectivity index is 1.43. The highest BCUT2D eigenvalue weighted by Crippen LogP contribution is 2.51. The molecule has 0 saturated carbocycles. The lowest BCUT2D eigenvalue weighted by Gasteiger charge is -2.41. The maximum absolute atomic E-state index is 13.9. The monoisotopic (exact) mass is 580 g/mol. The van der Waals surface area contributed by atoms with E-state index in [9.17, 15) is 24.6 Å². The molecule has 222 valence electrons. The largest absolute Gasteiger partial charge is 0.493 e. The van der Waals surface area contributed by atoms with Crippen LogP contribution in [0.15, 0.2) is 42.0 Å². The molecule has 1 saturated heterocycles. The molecule has 6 rings (SSSR count). The highest BCUT2D eigenvalue weighted by atomic mass is 16.7. The molecule has 12 nitrogen and oxygen atoms in total. The predicted octanol–water partition coefficient (Wildman–Crippen LogP) is 1.07. The number of amides is 2. The van der Waals surface area contributed by atoms with Crippen molar-refractivity contribution in [2.45, 2.75) is 49.7 Å². The van der Waals surface area contributed by atoms with Crippen LogP contribution in [0, 0.1) is 0 Å². The van der Waals surface area contributed by atoms with Crippen molar-refractivity contribution in [1.82, 2.24) is 10.2 Å². The summed E-state index contributed by atoms with van der Waals surface area (Å²) in [5.74, 6) is 0.171. The van der Waals surface area contributed by atoms with Gasteiger partial charge in [-0.05, 0) is 48.7 Å². The van der Waals surface area contributed by atoms with Gasteiger partial charge in [-0.25, -0.2) is 0 Å². The van der Waals surface area contributed by atoms with Gasteiger partial charge in [0.05, 0.1) is 25.7 Å². The zero-order valence-electron chi connectivity index (χ0n) is 23.0. The van der Waals surface area contributed by atoms with Gasteiger partial charge in [0.25, 0.3) is 5.91 Å². The summed E-state index contributed by atoms with van der Waals surface area (Å²) in [7, 11) is 1.44. The van der Waals surface area contributed by atoms with Gasteiger partial charge in [0.2, 0.25) is 12.7 Å². The summed E-state index contributed by atoms with van der Waals surface area (Å²) < 4.78 is 28.4. The molecule has 0 spiro atoms. The van der Waals surface area contributed by atoms with Crippen molar-refractivity contribution in [2.75, 3.05) is 33.7 Å². The van der Waals surface area contributed by atoms with E-state index in [2.05, 4.69) is 5.32 Å². The molecular formula is C30H32N2O10. The SMILES string of the molecule is COc1cc(C=O)cc2c1O[C@@H]1[C@@H](O)[C@H](N(Cc3ccc4c(c3)OCO4)C(=O)C3CCCO3)C=C(C(=O)NCCO)[C@H]21. The minimum atomic E-state index is -1.26. The van der Waals surface area contributed by atoms with Gasteiger partial charge in [-0.3, -0.25) is 14.4 Å². The summed E-state index contributed by atoms with van der Waals surface area (Å²) in [6.07, 6.45) is 0.580. The van der Waals surface area contributed by atoms with Crippen molar-refractivity contribution in [2.24, 2.45) is 0 Å². The molecule has 3 heterocycles. The van der Waals surface area contributed by atoms with Crippen LogP contribution in [0.2, 0.25) is 0 Å². The van der Waals surface area contributed by atoms with Crippen molar-refractivity contribution in [1.29, 1.82) is 0 Å². The van der Waals surface area contributed by atoms with Gasteiger partial charge < -0.3 is 44.1 Å². The number of carbonyl (C=O) groups is 3. The van der Waals surface area contributed by atoms with Crippen LogP contribution < -0.4 is 24.3 Å². The lowest BCUT2D eigenvalue weighted by Crippen LogP contribution is -2.57. The third-order valence-corrected chi connectivity index (χ3v) is 8.05. The molecule has 3 aliphatic heterocycles. The molecular weight excluding hydrogens is 548 g/mol. The number of methoxy groups -OCH3 is 1. The number of hydrogen-bond acceptors (Lipinski definition) is 10. The van der Waals surface area contributed by atoms with Gasteiger partial charge in [-0.15, -0.1) is 0 Å². The number of benzene rings is 2. The minimum absolute atomic E-state index is 0.00193. The molecule has 0 radical (unpaired) electrons. The molecule has 1 aliphatic carbocycles. The Hall–Kier alpha value is -4.13. The number of rotatable bonds is 9. The van der Waals surface area contributed by atoms with Crippen LogP contribution in [0.25, 0.3) is 0 Å². The predicted molar refractivity (Wildman–Crippen MR) is 146 cm³/mol. The number of carbonyl (C=O) groups excluding carboxylic acids is 3. The summed E-state index contributed by atoms with van der Waals surface area (Å²) in [5, 5.41) is 23.9. The van der Waals surface area contributed by atoms with E-state index in [0.29, 0.717) is 47.7 Å². The number of hydrogen-bond donors (Lipinski definition) is 3. The third-order valence-electron chi connectivity index (χ3n) is 8.05. The average Bonchev–Trinajstić information content (AvgIpc) is 3.78. The van der Waals surface area contributed by atoms with E-state index in [0.717, 1.165) is 12.0 Å². The summed E-state index contributed by atoms with van der Waals surface area (Å²) in [6.45, 7) is 0.366. The van der Waals surface area contributed by atoms with E-state index < -0.39 is 36.2 Å². The fraction of sp³-hybridized carbons (Fsp3) is 0.433. The van der Waals surface area contributed by atoms with Crippen LogP contribution in [-0.2, 0) is 20.9 Å². The van der Waals surface area contributed by atoms with Crippen LogP contribution in [0.3, 0.4) is 0 Å². The van der Waals surface area contributed by atoms with Crippen LogP contribution >= 0.6 is 0 Å². The fourth-order valence-corrected chi connectivity index (χ4v) is 6.08. The second-order valence-corrected chi connectivity index (χ2v) is 10.6. The molecule has 2 amide bonds.